The first-order valence-corrected chi connectivity index (χ1v) is 12.0. The predicted octanol–water partition coefficient (Wildman–Crippen LogP) is 2.13. The quantitative estimate of drug-likeness (QED) is 0.620. The molecule has 3 amide bonds. The number of rotatable bonds is 5. The van der Waals surface area contributed by atoms with E-state index in [2.05, 4.69) is 26.0 Å². The van der Waals surface area contributed by atoms with Crippen molar-refractivity contribution in [1.82, 2.24) is 20.1 Å². The minimum Gasteiger partial charge on any atom is -0.381 e. The van der Waals surface area contributed by atoms with Crippen LogP contribution in [0.4, 0.5) is 11.5 Å². The number of pyridine rings is 1. The molecule has 1 atom stereocenters. The van der Waals surface area contributed by atoms with Gasteiger partial charge in [-0.05, 0) is 37.7 Å². The maximum absolute atomic E-state index is 13.4. The monoisotopic (exact) mass is 466 g/mol. The fraction of sp³-hybridized carbons (Fsp3) is 0.542. The second kappa shape index (κ2) is 9.17. The number of carbonyl (C=O) groups is 3. The van der Waals surface area contributed by atoms with Crippen molar-refractivity contribution in [3.63, 3.8) is 0 Å². The molecule has 2 aromatic heterocycles. The van der Waals surface area contributed by atoms with Gasteiger partial charge in [0, 0.05) is 44.3 Å². The van der Waals surface area contributed by atoms with Gasteiger partial charge >= 0.3 is 0 Å². The molecule has 1 aliphatic carbocycles. The molecule has 3 aliphatic rings. The lowest BCUT2D eigenvalue weighted by atomic mass is 9.76. The van der Waals surface area contributed by atoms with E-state index in [1.165, 1.54) is 4.68 Å². The molecule has 2 aromatic rings. The highest BCUT2D eigenvalue weighted by Gasteiger charge is 2.48. The van der Waals surface area contributed by atoms with Crippen molar-refractivity contribution >= 4 is 29.2 Å². The molecule has 1 unspecified atom stereocenters. The van der Waals surface area contributed by atoms with E-state index >= 15 is 0 Å². The van der Waals surface area contributed by atoms with E-state index in [0.29, 0.717) is 43.3 Å². The van der Waals surface area contributed by atoms with Crippen molar-refractivity contribution in [3.8, 4) is 0 Å². The minimum absolute atomic E-state index is 0.0420. The number of hydrogen-bond donors (Lipinski definition) is 3. The topological polar surface area (TPSA) is 127 Å². The van der Waals surface area contributed by atoms with Gasteiger partial charge in [0.25, 0.3) is 5.91 Å². The number of anilines is 2. The smallest absolute Gasteiger partial charge is 0.270 e. The third-order valence-electron chi connectivity index (χ3n) is 7.44. The molecular formula is C24H30N6O4. The average Bonchev–Trinajstić information content (AvgIpc) is 3.39. The summed E-state index contributed by atoms with van der Waals surface area (Å²) in [5.41, 5.74) is 1.32. The first kappa shape index (κ1) is 22.5. The molecule has 4 heterocycles. The van der Waals surface area contributed by atoms with Crippen molar-refractivity contribution in [3.05, 3.63) is 35.8 Å². The Labute approximate surface area is 197 Å². The van der Waals surface area contributed by atoms with Crippen LogP contribution in [0.5, 0.6) is 0 Å². The third kappa shape index (κ3) is 4.06. The molecule has 5 rings (SSSR count). The Kier molecular flexibility index (Phi) is 6.07. The van der Waals surface area contributed by atoms with Crippen molar-refractivity contribution in [2.24, 2.45) is 13.0 Å². The van der Waals surface area contributed by atoms with Gasteiger partial charge in [-0.3, -0.25) is 19.1 Å². The summed E-state index contributed by atoms with van der Waals surface area (Å²) in [6.45, 7) is 1.07. The van der Waals surface area contributed by atoms with E-state index in [-0.39, 0.29) is 23.6 Å². The van der Waals surface area contributed by atoms with Gasteiger partial charge in [0.2, 0.25) is 11.8 Å². The number of hydrogen-bond acceptors (Lipinski definition) is 6. The molecule has 2 fully saturated rings. The lowest BCUT2D eigenvalue weighted by Gasteiger charge is -2.31. The Hall–Kier alpha value is -3.27. The largest absolute Gasteiger partial charge is 0.381 e. The van der Waals surface area contributed by atoms with Crippen LogP contribution >= 0.6 is 0 Å². The summed E-state index contributed by atoms with van der Waals surface area (Å²) < 4.78 is 6.94. The molecular weight excluding hydrogens is 436 g/mol. The van der Waals surface area contributed by atoms with E-state index in [0.717, 1.165) is 37.7 Å². The fourth-order valence-corrected chi connectivity index (χ4v) is 5.47. The molecule has 34 heavy (non-hydrogen) atoms. The van der Waals surface area contributed by atoms with Crippen LogP contribution in [0, 0.1) is 5.92 Å². The number of carbonyl (C=O) groups excluding carboxylic acids is 3. The number of aromatic nitrogens is 3. The third-order valence-corrected chi connectivity index (χ3v) is 7.44. The van der Waals surface area contributed by atoms with Gasteiger partial charge in [-0.2, -0.15) is 5.10 Å². The standard InChI is InChI=1S/C24H30N6O4/c1-30-18(7-10-26-30)21(31)29-20(15-5-3-2-4-6-15)22(32)28-19-13-17-16(14-25-19)24(23(33)27-17)8-11-34-12-9-24/h7,10,13-15,20H,2-6,8-9,11-12H2,1H3,(H,27,33)(H,29,31)(H,25,28,32). The van der Waals surface area contributed by atoms with Crippen LogP contribution in [0.3, 0.4) is 0 Å². The Morgan fingerprint density at radius 3 is 2.71 bits per heavy atom. The average molecular weight is 467 g/mol. The summed E-state index contributed by atoms with van der Waals surface area (Å²) in [5.74, 6) is -0.282. The molecule has 1 spiro atoms. The van der Waals surface area contributed by atoms with Gasteiger partial charge in [0.05, 0.1) is 11.1 Å². The van der Waals surface area contributed by atoms with Gasteiger partial charge in [0.1, 0.15) is 17.6 Å². The van der Waals surface area contributed by atoms with Crippen molar-refractivity contribution in [1.29, 1.82) is 0 Å². The zero-order valence-electron chi connectivity index (χ0n) is 19.3. The van der Waals surface area contributed by atoms with Gasteiger partial charge in [-0.1, -0.05) is 19.3 Å². The van der Waals surface area contributed by atoms with Gasteiger partial charge < -0.3 is 20.7 Å². The highest BCUT2D eigenvalue weighted by molar-refractivity contribution is 6.07. The van der Waals surface area contributed by atoms with Crippen LogP contribution < -0.4 is 16.0 Å². The molecule has 10 heteroatoms. The maximum Gasteiger partial charge on any atom is 0.270 e. The lowest BCUT2D eigenvalue weighted by molar-refractivity contribution is -0.124. The molecule has 1 saturated heterocycles. The predicted molar refractivity (Wildman–Crippen MR) is 124 cm³/mol. The maximum atomic E-state index is 13.4. The minimum atomic E-state index is -0.686. The second-order valence-electron chi connectivity index (χ2n) is 9.44. The number of nitrogens with one attached hydrogen (secondary N) is 3. The first-order valence-electron chi connectivity index (χ1n) is 12.0. The first-order chi connectivity index (χ1) is 16.5. The summed E-state index contributed by atoms with van der Waals surface area (Å²) in [6.07, 6.45) is 9.42. The summed E-state index contributed by atoms with van der Waals surface area (Å²) in [6, 6.07) is 2.65. The second-order valence-corrected chi connectivity index (χ2v) is 9.44. The summed E-state index contributed by atoms with van der Waals surface area (Å²) in [5, 5.41) is 12.8. The number of amides is 3. The molecule has 10 nitrogen and oxygen atoms in total. The molecule has 0 bridgehead atoms. The van der Waals surface area contributed by atoms with Crippen LogP contribution in [0.2, 0.25) is 0 Å². The molecule has 1 saturated carbocycles. The lowest BCUT2D eigenvalue weighted by Crippen LogP contribution is -2.49. The molecule has 0 radical (unpaired) electrons. The summed E-state index contributed by atoms with van der Waals surface area (Å²) in [7, 11) is 1.69. The van der Waals surface area contributed by atoms with Crippen LogP contribution in [0.15, 0.2) is 24.5 Å². The van der Waals surface area contributed by atoms with Crippen molar-refractivity contribution in [2.45, 2.75) is 56.4 Å². The zero-order chi connectivity index (χ0) is 23.7. The van der Waals surface area contributed by atoms with E-state index in [1.807, 2.05) is 0 Å². The zero-order valence-corrected chi connectivity index (χ0v) is 19.3. The van der Waals surface area contributed by atoms with Crippen molar-refractivity contribution in [2.75, 3.05) is 23.8 Å². The number of ether oxygens (including phenoxy) is 1. The van der Waals surface area contributed by atoms with E-state index in [1.54, 1.807) is 31.6 Å². The molecule has 180 valence electrons. The number of aryl methyl sites for hydroxylation is 1. The Balaban J connectivity index is 1.35. The SMILES string of the molecule is Cn1nccc1C(=O)NC(C(=O)Nc1cc2c(cn1)C1(CCOCC1)C(=O)N2)C1CCCCC1. The van der Waals surface area contributed by atoms with Crippen molar-refractivity contribution < 1.29 is 19.1 Å². The highest BCUT2D eigenvalue weighted by Crippen LogP contribution is 2.44. The Morgan fingerprint density at radius 1 is 1.24 bits per heavy atom. The highest BCUT2D eigenvalue weighted by atomic mass is 16.5. The summed E-state index contributed by atoms with van der Waals surface area (Å²) >= 11 is 0. The molecule has 2 aliphatic heterocycles. The van der Waals surface area contributed by atoms with E-state index in [9.17, 15) is 14.4 Å². The molecule has 0 aromatic carbocycles. The Bertz CT molecular complexity index is 1100. The van der Waals surface area contributed by atoms with Crippen LogP contribution in [0.25, 0.3) is 0 Å². The van der Waals surface area contributed by atoms with Gasteiger partial charge in [-0.15, -0.1) is 0 Å². The van der Waals surface area contributed by atoms with Gasteiger partial charge in [-0.25, -0.2) is 4.98 Å². The van der Waals surface area contributed by atoms with Crippen LogP contribution in [-0.2, 0) is 26.8 Å². The number of fused-ring (bicyclic) bond motifs is 2. The van der Waals surface area contributed by atoms with Crippen LogP contribution in [-0.4, -0.2) is 51.7 Å². The summed E-state index contributed by atoms with van der Waals surface area (Å²) in [4.78, 5) is 43.5. The number of nitrogens with zero attached hydrogens (tertiary/aromatic N) is 3. The van der Waals surface area contributed by atoms with E-state index < -0.39 is 11.5 Å². The van der Waals surface area contributed by atoms with Gasteiger partial charge in [0.15, 0.2) is 0 Å². The normalized spacial score (nSPS) is 20.4. The van der Waals surface area contributed by atoms with E-state index in [4.69, 9.17) is 4.74 Å². The fourth-order valence-electron chi connectivity index (χ4n) is 5.47. The van der Waals surface area contributed by atoms with Crippen LogP contribution in [0.1, 0.15) is 61.0 Å². The Morgan fingerprint density at radius 2 is 2.00 bits per heavy atom. The molecule has 3 N–H and O–H groups in total.